The van der Waals surface area contributed by atoms with Crippen molar-refractivity contribution in [1.82, 2.24) is 24.5 Å². The van der Waals surface area contributed by atoms with Crippen molar-refractivity contribution in [3.8, 4) is 0 Å². The Kier molecular flexibility index (Phi) is 5.00. The summed E-state index contributed by atoms with van der Waals surface area (Å²) in [5.74, 6) is 2.60. The second-order valence-corrected chi connectivity index (χ2v) is 9.35. The van der Waals surface area contributed by atoms with Gasteiger partial charge in [-0.05, 0) is 33.6 Å². The van der Waals surface area contributed by atoms with Crippen molar-refractivity contribution >= 4 is 21.7 Å². The highest BCUT2D eigenvalue weighted by molar-refractivity contribution is 7.89. The first-order valence-electron chi connectivity index (χ1n) is 9.73. The fourth-order valence-corrected chi connectivity index (χ4v) is 5.77. The number of nitrogens with one attached hydrogen (secondary N) is 1. The maximum Gasteiger partial charge on any atom is 0.246 e. The Hall–Kier alpha value is -2.20. The lowest BCUT2D eigenvalue weighted by molar-refractivity contribution is 0.383. The topological polar surface area (TPSA) is 98.3 Å². The lowest BCUT2D eigenvalue weighted by Crippen LogP contribution is -2.49. The number of nitrogens with zero attached hydrogens (tertiary/aromatic N) is 6. The van der Waals surface area contributed by atoms with Gasteiger partial charge in [0.2, 0.25) is 10.0 Å². The molecule has 0 unspecified atom stereocenters. The van der Waals surface area contributed by atoms with Crippen molar-refractivity contribution in [3.63, 3.8) is 0 Å². The zero-order chi connectivity index (χ0) is 19.9. The van der Waals surface area contributed by atoms with Gasteiger partial charge >= 0.3 is 0 Å². The number of piperazine rings is 1. The van der Waals surface area contributed by atoms with E-state index >= 15 is 0 Å². The van der Waals surface area contributed by atoms with Gasteiger partial charge in [-0.1, -0.05) is 0 Å². The second kappa shape index (κ2) is 7.32. The molecule has 0 saturated carbocycles. The highest BCUT2D eigenvalue weighted by Gasteiger charge is 2.32. The molecule has 2 fully saturated rings. The Bertz CT molecular complexity index is 939. The Balaban J connectivity index is 1.50. The Morgan fingerprint density at radius 3 is 2.00 bits per heavy atom. The number of H-pyrrole nitrogens is 1. The van der Waals surface area contributed by atoms with E-state index in [4.69, 9.17) is 0 Å². The summed E-state index contributed by atoms with van der Waals surface area (Å²) in [5, 5.41) is 6.80. The zero-order valence-electron chi connectivity index (χ0n) is 16.6. The molecule has 28 heavy (non-hydrogen) atoms. The van der Waals surface area contributed by atoms with Gasteiger partial charge in [0, 0.05) is 45.3 Å². The first-order valence-corrected chi connectivity index (χ1v) is 11.2. The summed E-state index contributed by atoms with van der Waals surface area (Å²) in [6.07, 6.45) is 2.39. The van der Waals surface area contributed by atoms with E-state index in [9.17, 15) is 8.42 Å². The van der Waals surface area contributed by atoms with Gasteiger partial charge in [-0.2, -0.15) is 9.40 Å². The molecular weight excluding hydrogens is 378 g/mol. The van der Waals surface area contributed by atoms with E-state index < -0.39 is 10.0 Å². The monoisotopic (exact) mass is 405 g/mol. The van der Waals surface area contributed by atoms with E-state index in [1.54, 1.807) is 18.2 Å². The van der Waals surface area contributed by atoms with Crippen LogP contribution in [-0.4, -0.2) is 72.2 Å². The van der Waals surface area contributed by atoms with Crippen molar-refractivity contribution in [2.45, 2.75) is 38.5 Å². The molecule has 4 heterocycles. The molecule has 9 nitrogen and oxygen atoms in total. The number of hydrogen-bond donors (Lipinski definition) is 1. The highest BCUT2D eigenvalue weighted by Crippen LogP contribution is 2.26. The number of rotatable bonds is 4. The van der Waals surface area contributed by atoms with Crippen LogP contribution in [-0.2, 0) is 10.0 Å². The second-order valence-electron chi connectivity index (χ2n) is 7.48. The molecule has 0 amide bonds. The lowest BCUT2D eigenvalue weighted by Gasteiger charge is -2.35. The van der Waals surface area contributed by atoms with Crippen LogP contribution in [0, 0.1) is 20.8 Å². The van der Waals surface area contributed by atoms with Gasteiger partial charge in [-0.25, -0.2) is 18.4 Å². The third-order valence-corrected chi connectivity index (χ3v) is 7.62. The molecule has 0 spiro atoms. The standard InChI is InChI=1S/C18H27N7O2S/c1-13-18(14(2)22-21-13)28(26,27)25-10-8-24(9-11-25)17-12-16(19-15(3)20-17)23-6-4-5-7-23/h12H,4-11H2,1-3H3,(H,21,22). The normalized spacial score (nSPS) is 18.8. The predicted octanol–water partition coefficient (Wildman–Crippen LogP) is 1.24. The fraction of sp³-hybridized carbons (Fsp3) is 0.611. The quantitative estimate of drug-likeness (QED) is 0.817. The molecule has 2 aliphatic rings. The Morgan fingerprint density at radius 2 is 1.46 bits per heavy atom. The minimum absolute atomic E-state index is 0.301. The van der Waals surface area contributed by atoms with Gasteiger partial charge in [0.05, 0.1) is 11.4 Å². The maximum absolute atomic E-state index is 13.0. The summed E-state index contributed by atoms with van der Waals surface area (Å²) in [4.78, 5) is 13.9. The van der Waals surface area contributed by atoms with Crippen molar-refractivity contribution in [3.05, 3.63) is 23.3 Å². The minimum atomic E-state index is -3.54. The van der Waals surface area contributed by atoms with Crippen molar-refractivity contribution < 1.29 is 8.42 Å². The summed E-state index contributed by atoms with van der Waals surface area (Å²) in [6, 6.07) is 2.03. The van der Waals surface area contributed by atoms with Gasteiger partial charge in [-0.3, -0.25) is 5.10 Å². The van der Waals surface area contributed by atoms with Crippen LogP contribution in [0.1, 0.15) is 30.1 Å². The molecule has 1 N–H and O–H groups in total. The van der Waals surface area contributed by atoms with Gasteiger partial charge in [0.15, 0.2) is 0 Å². The third kappa shape index (κ3) is 3.46. The minimum Gasteiger partial charge on any atom is -0.356 e. The third-order valence-electron chi connectivity index (χ3n) is 5.46. The predicted molar refractivity (Wildman–Crippen MR) is 107 cm³/mol. The molecule has 2 aromatic rings. The number of anilines is 2. The van der Waals surface area contributed by atoms with E-state index in [1.807, 2.05) is 13.0 Å². The molecule has 152 valence electrons. The lowest BCUT2D eigenvalue weighted by atomic mass is 10.3. The van der Waals surface area contributed by atoms with Crippen molar-refractivity contribution in [2.75, 3.05) is 49.1 Å². The largest absolute Gasteiger partial charge is 0.356 e. The van der Waals surface area contributed by atoms with E-state index in [-0.39, 0.29) is 0 Å². The van der Waals surface area contributed by atoms with Gasteiger partial charge in [0.25, 0.3) is 0 Å². The molecule has 0 atom stereocenters. The molecule has 10 heteroatoms. The summed E-state index contributed by atoms with van der Waals surface area (Å²) in [7, 11) is -3.54. The molecular formula is C18H27N7O2S. The van der Waals surface area contributed by atoms with Gasteiger partial charge < -0.3 is 9.80 Å². The van der Waals surface area contributed by atoms with E-state index in [1.165, 1.54) is 12.8 Å². The summed E-state index contributed by atoms with van der Waals surface area (Å²) >= 11 is 0. The van der Waals surface area contributed by atoms with Crippen LogP contribution in [0.25, 0.3) is 0 Å². The maximum atomic E-state index is 13.0. The molecule has 4 rings (SSSR count). The number of aromatic amines is 1. The summed E-state index contributed by atoms with van der Waals surface area (Å²) in [6.45, 7) is 9.49. The van der Waals surface area contributed by atoms with E-state index in [0.717, 1.165) is 30.5 Å². The number of hydrogen-bond acceptors (Lipinski definition) is 7. The van der Waals surface area contributed by atoms with Crippen molar-refractivity contribution in [2.24, 2.45) is 0 Å². The molecule has 2 aliphatic heterocycles. The SMILES string of the molecule is Cc1nc(N2CCCC2)cc(N2CCN(S(=O)(=O)c3c(C)n[nH]c3C)CC2)n1. The highest BCUT2D eigenvalue weighted by atomic mass is 32.2. The van der Waals surface area contributed by atoms with Crippen LogP contribution < -0.4 is 9.80 Å². The van der Waals surface area contributed by atoms with Crippen molar-refractivity contribution in [1.29, 1.82) is 0 Å². The number of sulfonamides is 1. The van der Waals surface area contributed by atoms with Crippen LogP contribution in [0.3, 0.4) is 0 Å². The fourth-order valence-electron chi connectivity index (χ4n) is 4.01. The number of aryl methyl sites for hydroxylation is 3. The smallest absolute Gasteiger partial charge is 0.246 e. The molecule has 0 bridgehead atoms. The van der Waals surface area contributed by atoms with Crippen LogP contribution in [0.2, 0.25) is 0 Å². The molecule has 2 saturated heterocycles. The average molecular weight is 406 g/mol. The summed E-state index contributed by atoms with van der Waals surface area (Å²) in [5.41, 5.74) is 1.10. The molecule has 0 radical (unpaired) electrons. The van der Waals surface area contributed by atoms with Gasteiger partial charge in [0.1, 0.15) is 22.4 Å². The summed E-state index contributed by atoms with van der Waals surface area (Å²) < 4.78 is 27.6. The van der Waals surface area contributed by atoms with E-state index in [2.05, 4.69) is 30.0 Å². The first-order chi connectivity index (χ1) is 13.4. The first kappa shape index (κ1) is 19.1. The molecule has 0 aromatic carbocycles. The van der Waals surface area contributed by atoms with Crippen LogP contribution in [0.15, 0.2) is 11.0 Å². The Morgan fingerprint density at radius 1 is 0.893 bits per heavy atom. The zero-order valence-corrected chi connectivity index (χ0v) is 17.5. The van der Waals surface area contributed by atoms with Gasteiger partial charge in [-0.15, -0.1) is 0 Å². The van der Waals surface area contributed by atoms with Crippen LogP contribution >= 0.6 is 0 Å². The van der Waals surface area contributed by atoms with E-state index in [0.29, 0.717) is 42.5 Å². The van der Waals surface area contributed by atoms with Crippen LogP contribution in [0.4, 0.5) is 11.6 Å². The molecule has 0 aliphatic carbocycles. The Labute approximate surface area is 165 Å². The van der Waals surface area contributed by atoms with Crippen LogP contribution in [0.5, 0.6) is 0 Å². The average Bonchev–Trinajstić information content (AvgIpc) is 3.31. The number of aromatic nitrogens is 4. The molecule has 2 aromatic heterocycles.